The van der Waals surface area contributed by atoms with Crippen LogP contribution in [0.25, 0.3) is 0 Å². The van der Waals surface area contributed by atoms with Crippen LogP contribution in [0.15, 0.2) is 48.8 Å². The molecule has 100 valence electrons. The third-order valence-corrected chi connectivity index (χ3v) is 3.75. The lowest BCUT2D eigenvalue weighted by Crippen LogP contribution is -2.29. The zero-order valence-corrected chi connectivity index (χ0v) is 11.3. The highest BCUT2D eigenvalue weighted by Crippen LogP contribution is 2.22. The van der Waals surface area contributed by atoms with E-state index in [9.17, 15) is 8.42 Å². The fourth-order valence-electron chi connectivity index (χ4n) is 1.74. The molecule has 0 amide bonds. The Morgan fingerprint density at radius 2 is 2.05 bits per heavy atom. The van der Waals surface area contributed by atoms with Crippen molar-refractivity contribution in [3.05, 3.63) is 54.4 Å². The van der Waals surface area contributed by atoms with Crippen molar-refractivity contribution in [3.63, 3.8) is 0 Å². The minimum atomic E-state index is -3.38. The molecule has 0 radical (unpaired) electrons. The zero-order valence-electron chi connectivity index (χ0n) is 10.5. The number of aromatic nitrogens is 1. The summed E-state index contributed by atoms with van der Waals surface area (Å²) in [5.41, 5.74) is 7.59. The van der Waals surface area contributed by atoms with Gasteiger partial charge in [0.05, 0.1) is 18.5 Å². The van der Waals surface area contributed by atoms with E-state index in [1.165, 1.54) is 10.6 Å². The standard InChI is InChI=1S/C13H15N3O2S/c1-19(17,18)16(10-11-4-3-7-15-9-11)13-6-2-5-12(14)8-13/h2-9H,10,14H2,1H3. The Morgan fingerprint density at radius 3 is 2.63 bits per heavy atom. The lowest BCUT2D eigenvalue weighted by molar-refractivity contribution is 0.596. The van der Waals surface area contributed by atoms with E-state index in [-0.39, 0.29) is 6.54 Å². The second kappa shape index (κ2) is 5.27. The summed E-state index contributed by atoms with van der Waals surface area (Å²) in [6.07, 6.45) is 4.46. The van der Waals surface area contributed by atoms with E-state index >= 15 is 0 Å². The van der Waals surface area contributed by atoms with Crippen molar-refractivity contribution in [1.82, 2.24) is 4.98 Å². The maximum Gasteiger partial charge on any atom is 0.232 e. The van der Waals surface area contributed by atoms with Gasteiger partial charge in [-0.2, -0.15) is 0 Å². The summed E-state index contributed by atoms with van der Waals surface area (Å²) in [5.74, 6) is 0. The summed E-state index contributed by atoms with van der Waals surface area (Å²) >= 11 is 0. The van der Waals surface area contributed by atoms with Gasteiger partial charge in [-0.25, -0.2) is 8.42 Å². The van der Waals surface area contributed by atoms with Gasteiger partial charge in [-0.15, -0.1) is 0 Å². The van der Waals surface area contributed by atoms with Gasteiger partial charge in [0.25, 0.3) is 0 Å². The number of nitrogens with zero attached hydrogens (tertiary/aromatic N) is 2. The van der Waals surface area contributed by atoms with Crippen LogP contribution in [-0.2, 0) is 16.6 Å². The highest BCUT2D eigenvalue weighted by atomic mass is 32.2. The van der Waals surface area contributed by atoms with Crippen LogP contribution in [0.1, 0.15) is 5.56 Å². The average Bonchev–Trinajstić information content (AvgIpc) is 2.36. The Labute approximate surface area is 112 Å². The van der Waals surface area contributed by atoms with Gasteiger partial charge in [0.2, 0.25) is 10.0 Å². The van der Waals surface area contributed by atoms with Crippen LogP contribution in [0.3, 0.4) is 0 Å². The number of rotatable bonds is 4. The number of sulfonamides is 1. The Kier molecular flexibility index (Phi) is 3.71. The predicted octanol–water partition coefficient (Wildman–Crippen LogP) is 1.63. The molecule has 0 saturated heterocycles. The number of benzene rings is 1. The van der Waals surface area contributed by atoms with Crippen LogP contribution in [0.5, 0.6) is 0 Å². The molecule has 2 rings (SSSR count). The van der Waals surface area contributed by atoms with E-state index < -0.39 is 10.0 Å². The lowest BCUT2D eigenvalue weighted by Gasteiger charge is -2.22. The van der Waals surface area contributed by atoms with Gasteiger partial charge in [-0.1, -0.05) is 12.1 Å². The average molecular weight is 277 g/mol. The molecule has 0 aliphatic rings. The monoisotopic (exact) mass is 277 g/mol. The Bertz CT molecular complexity index is 657. The normalized spacial score (nSPS) is 11.2. The molecule has 2 aromatic rings. The van der Waals surface area contributed by atoms with E-state index in [0.29, 0.717) is 11.4 Å². The number of nitrogens with two attached hydrogens (primary N) is 1. The van der Waals surface area contributed by atoms with Crippen molar-refractivity contribution in [1.29, 1.82) is 0 Å². The molecule has 0 bridgehead atoms. The SMILES string of the molecule is CS(=O)(=O)N(Cc1cccnc1)c1cccc(N)c1. The number of nitrogen functional groups attached to an aromatic ring is 1. The fourth-order valence-corrected chi connectivity index (χ4v) is 2.62. The molecule has 1 aromatic heterocycles. The van der Waals surface area contributed by atoms with E-state index in [0.717, 1.165) is 5.56 Å². The van der Waals surface area contributed by atoms with Gasteiger partial charge >= 0.3 is 0 Å². The summed E-state index contributed by atoms with van der Waals surface area (Å²) in [6.45, 7) is 0.232. The summed E-state index contributed by atoms with van der Waals surface area (Å²) in [5, 5.41) is 0. The molecule has 19 heavy (non-hydrogen) atoms. The van der Waals surface area contributed by atoms with Gasteiger partial charge in [-0.05, 0) is 29.8 Å². The predicted molar refractivity (Wildman–Crippen MR) is 76.1 cm³/mol. The maximum absolute atomic E-state index is 11.9. The molecule has 0 atom stereocenters. The minimum Gasteiger partial charge on any atom is -0.399 e. The van der Waals surface area contributed by atoms with Gasteiger partial charge in [0, 0.05) is 18.1 Å². The van der Waals surface area contributed by atoms with E-state index in [1.807, 2.05) is 6.07 Å². The van der Waals surface area contributed by atoms with Crippen LogP contribution in [0.4, 0.5) is 11.4 Å². The first-order valence-corrected chi connectivity index (χ1v) is 7.54. The number of anilines is 2. The number of hydrogen-bond acceptors (Lipinski definition) is 4. The van der Waals surface area contributed by atoms with Crippen LogP contribution < -0.4 is 10.0 Å². The molecule has 6 heteroatoms. The van der Waals surface area contributed by atoms with Crippen molar-refractivity contribution >= 4 is 21.4 Å². The summed E-state index contributed by atoms with van der Waals surface area (Å²) in [7, 11) is -3.38. The van der Waals surface area contributed by atoms with Crippen molar-refractivity contribution in [2.45, 2.75) is 6.54 Å². The van der Waals surface area contributed by atoms with Gasteiger partial charge in [0.15, 0.2) is 0 Å². The molecular formula is C13H15N3O2S. The van der Waals surface area contributed by atoms with Crippen molar-refractivity contribution in [2.24, 2.45) is 0 Å². The molecule has 0 aliphatic heterocycles. The van der Waals surface area contributed by atoms with Crippen LogP contribution >= 0.6 is 0 Å². The Balaban J connectivity index is 2.38. The molecule has 0 unspecified atom stereocenters. The third-order valence-electron chi connectivity index (χ3n) is 2.61. The van der Waals surface area contributed by atoms with Crippen molar-refractivity contribution in [2.75, 3.05) is 16.3 Å². The van der Waals surface area contributed by atoms with E-state index in [2.05, 4.69) is 4.98 Å². The largest absolute Gasteiger partial charge is 0.399 e. The molecule has 0 spiro atoms. The molecule has 0 aliphatic carbocycles. The fraction of sp³-hybridized carbons (Fsp3) is 0.154. The van der Waals surface area contributed by atoms with Crippen molar-refractivity contribution < 1.29 is 8.42 Å². The topological polar surface area (TPSA) is 76.3 Å². The summed E-state index contributed by atoms with van der Waals surface area (Å²) < 4.78 is 25.1. The highest BCUT2D eigenvalue weighted by molar-refractivity contribution is 7.92. The summed E-state index contributed by atoms with van der Waals surface area (Å²) in [6, 6.07) is 10.4. The summed E-state index contributed by atoms with van der Waals surface area (Å²) in [4.78, 5) is 3.98. The Morgan fingerprint density at radius 1 is 1.26 bits per heavy atom. The molecule has 5 nitrogen and oxygen atoms in total. The molecular weight excluding hydrogens is 262 g/mol. The Hall–Kier alpha value is -2.08. The molecule has 1 aromatic carbocycles. The third kappa shape index (κ3) is 3.45. The zero-order chi connectivity index (χ0) is 13.9. The minimum absolute atomic E-state index is 0.232. The second-order valence-corrected chi connectivity index (χ2v) is 6.13. The lowest BCUT2D eigenvalue weighted by atomic mass is 10.2. The molecule has 0 saturated carbocycles. The first kappa shape index (κ1) is 13.4. The molecule has 1 heterocycles. The van der Waals surface area contributed by atoms with Gasteiger partial charge < -0.3 is 5.73 Å². The first-order valence-electron chi connectivity index (χ1n) is 5.69. The molecule has 2 N–H and O–H groups in total. The van der Waals surface area contributed by atoms with Crippen LogP contribution in [0.2, 0.25) is 0 Å². The van der Waals surface area contributed by atoms with E-state index in [1.54, 1.807) is 42.7 Å². The smallest absolute Gasteiger partial charge is 0.232 e. The van der Waals surface area contributed by atoms with Crippen LogP contribution in [-0.4, -0.2) is 19.7 Å². The van der Waals surface area contributed by atoms with Gasteiger partial charge in [-0.3, -0.25) is 9.29 Å². The maximum atomic E-state index is 11.9. The second-order valence-electron chi connectivity index (χ2n) is 4.23. The number of pyridine rings is 1. The van der Waals surface area contributed by atoms with Gasteiger partial charge in [0.1, 0.15) is 0 Å². The number of hydrogen-bond donors (Lipinski definition) is 1. The first-order chi connectivity index (χ1) is 8.97. The molecule has 0 fully saturated rings. The van der Waals surface area contributed by atoms with Crippen molar-refractivity contribution in [3.8, 4) is 0 Å². The quantitative estimate of drug-likeness (QED) is 0.862. The highest BCUT2D eigenvalue weighted by Gasteiger charge is 2.17. The van der Waals surface area contributed by atoms with E-state index in [4.69, 9.17) is 5.73 Å². The van der Waals surface area contributed by atoms with Crippen LogP contribution in [0, 0.1) is 0 Å².